The maximum absolute atomic E-state index is 11.9. The Hall–Kier alpha value is -1.15. The third-order valence-electron chi connectivity index (χ3n) is 3.80. The van der Waals surface area contributed by atoms with Crippen molar-refractivity contribution >= 4 is 5.78 Å². The number of likely N-dealkylation sites (N-methyl/N-ethyl adjacent to an activating group) is 1. The average Bonchev–Trinajstić information content (AvgIpc) is 2.46. The number of rotatable bonds is 11. The summed E-state index contributed by atoms with van der Waals surface area (Å²) in [7, 11) is 3.85. The van der Waals surface area contributed by atoms with Gasteiger partial charge in [0, 0.05) is 5.56 Å². The van der Waals surface area contributed by atoms with Gasteiger partial charge in [0.25, 0.3) is 0 Å². The molecule has 0 heterocycles. The van der Waals surface area contributed by atoms with Crippen molar-refractivity contribution in [2.24, 2.45) is 0 Å². The van der Waals surface area contributed by atoms with E-state index < -0.39 is 0 Å². The zero-order valence-electron chi connectivity index (χ0n) is 14.0. The Morgan fingerprint density at radius 1 is 0.905 bits per heavy atom. The molecule has 1 aromatic rings. The molecule has 2 nitrogen and oxygen atoms in total. The van der Waals surface area contributed by atoms with E-state index >= 15 is 0 Å². The monoisotopic (exact) mass is 289 g/mol. The van der Waals surface area contributed by atoms with E-state index in [1.54, 1.807) is 0 Å². The highest BCUT2D eigenvalue weighted by molar-refractivity contribution is 5.97. The van der Waals surface area contributed by atoms with Gasteiger partial charge in [0.15, 0.2) is 5.78 Å². The highest BCUT2D eigenvalue weighted by atomic mass is 16.1. The molecule has 0 aliphatic carbocycles. The molecular weight excluding hydrogens is 258 g/mol. The summed E-state index contributed by atoms with van der Waals surface area (Å²) in [6.45, 7) is 2.74. The number of benzene rings is 1. The second-order valence-electron chi connectivity index (χ2n) is 6.23. The van der Waals surface area contributed by atoms with Crippen molar-refractivity contribution < 1.29 is 4.79 Å². The first-order valence-electron chi connectivity index (χ1n) is 8.40. The molecule has 0 radical (unpaired) electrons. The summed E-state index contributed by atoms with van der Waals surface area (Å²) in [5, 5.41) is 0. The number of hydrogen-bond acceptors (Lipinski definition) is 2. The molecule has 1 rings (SSSR count). The molecule has 0 saturated carbocycles. The smallest absolute Gasteiger partial charge is 0.176 e. The van der Waals surface area contributed by atoms with Gasteiger partial charge in [0.2, 0.25) is 0 Å². The van der Waals surface area contributed by atoms with Crippen molar-refractivity contribution in [3.05, 3.63) is 35.4 Å². The topological polar surface area (TPSA) is 20.3 Å². The van der Waals surface area contributed by atoms with Gasteiger partial charge >= 0.3 is 0 Å². The molecule has 0 aliphatic rings. The number of carbonyl (C=O) groups excluding carboxylic acids is 1. The molecule has 0 spiro atoms. The Balaban J connectivity index is 2.23. The fraction of sp³-hybridized carbons (Fsp3) is 0.632. The lowest BCUT2D eigenvalue weighted by atomic mass is 10.0. The minimum atomic E-state index is 0.197. The van der Waals surface area contributed by atoms with Crippen molar-refractivity contribution in [3.63, 3.8) is 0 Å². The van der Waals surface area contributed by atoms with Crippen LogP contribution in [0.3, 0.4) is 0 Å². The third kappa shape index (κ3) is 8.01. The lowest BCUT2D eigenvalue weighted by Gasteiger charge is -2.09. The number of Topliss-reactive ketones (excluding diaryl/α,β-unsaturated/α-hetero) is 1. The summed E-state index contributed by atoms with van der Waals surface area (Å²) in [6, 6.07) is 8.17. The summed E-state index contributed by atoms with van der Waals surface area (Å²) in [6.07, 6.45) is 10.5. The quantitative estimate of drug-likeness (QED) is 0.434. The molecule has 0 amide bonds. The number of aryl methyl sites for hydroxylation is 1. The van der Waals surface area contributed by atoms with Crippen LogP contribution in [0.2, 0.25) is 0 Å². The van der Waals surface area contributed by atoms with Gasteiger partial charge in [-0.3, -0.25) is 4.79 Å². The summed E-state index contributed by atoms with van der Waals surface area (Å²) in [5.41, 5.74) is 2.18. The van der Waals surface area contributed by atoms with Gasteiger partial charge in [-0.2, -0.15) is 0 Å². The van der Waals surface area contributed by atoms with Crippen LogP contribution in [0, 0.1) is 0 Å². The first-order valence-corrected chi connectivity index (χ1v) is 8.40. The molecule has 1 aromatic carbocycles. The van der Waals surface area contributed by atoms with Gasteiger partial charge in [-0.05, 0) is 32.5 Å². The van der Waals surface area contributed by atoms with Crippen LogP contribution in [-0.2, 0) is 6.42 Å². The Kier molecular flexibility index (Phi) is 9.00. The van der Waals surface area contributed by atoms with E-state index in [-0.39, 0.29) is 5.78 Å². The van der Waals surface area contributed by atoms with Gasteiger partial charge < -0.3 is 4.90 Å². The van der Waals surface area contributed by atoms with E-state index in [0.29, 0.717) is 6.54 Å². The van der Waals surface area contributed by atoms with Gasteiger partial charge in [-0.15, -0.1) is 0 Å². The van der Waals surface area contributed by atoms with E-state index in [9.17, 15) is 4.79 Å². The fourth-order valence-corrected chi connectivity index (χ4v) is 2.52. The van der Waals surface area contributed by atoms with Crippen molar-refractivity contribution in [1.29, 1.82) is 0 Å². The van der Waals surface area contributed by atoms with Crippen LogP contribution in [0.25, 0.3) is 0 Å². The third-order valence-corrected chi connectivity index (χ3v) is 3.80. The minimum Gasteiger partial charge on any atom is -0.302 e. The Morgan fingerprint density at radius 3 is 2.05 bits per heavy atom. The molecule has 0 fully saturated rings. The molecule has 0 N–H and O–H groups in total. The van der Waals surface area contributed by atoms with Gasteiger partial charge in [0.1, 0.15) is 0 Å². The number of hydrogen-bond donors (Lipinski definition) is 0. The summed E-state index contributed by atoms with van der Waals surface area (Å²) in [5.74, 6) is 0.197. The first-order chi connectivity index (χ1) is 10.1. The zero-order valence-corrected chi connectivity index (χ0v) is 14.0. The predicted molar refractivity (Wildman–Crippen MR) is 91.0 cm³/mol. The predicted octanol–water partition coefficient (Wildman–Crippen LogP) is 4.72. The van der Waals surface area contributed by atoms with Crippen molar-refractivity contribution in [2.75, 3.05) is 20.6 Å². The van der Waals surface area contributed by atoms with E-state index in [1.165, 1.54) is 50.5 Å². The van der Waals surface area contributed by atoms with E-state index in [0.717, 1.165) is 12.0 Å². The van der Waals surface area contributed by atoms with Crippen LogP contribution >= 0.6 is 0 Å². The van der Waals surface area contributed by atoms with Crippen LogP contribution in [0.4, 0.5) is 0 Å². The van der Waals surface area contributed by atoms with Crippen LogP contribution in [0.15, 0.2) is 24.3 Å². The first kappa shape index (κ1) is 17.9. The Labute approximate surface area is 130 Å². The van der Waals surface area contributed by atoms with Crippen molar-refractivity contribution in [2.45, 2.75) is 58.3 Å². The molecule has 0 unspecified atom stereocenters. The maximum atomic E-state index is 11.9. The fourth-order valence-electron chi connectivity index (χ4n) is 2.52. The Morgan fingerprint density at radius 2 is 1.48 bits per heavy atom. The largest absolute Gasteiger partial charge is 0.302 e. The van der Waals surface area contributed by atoms with Crippen molar-refractivity contribution in [3.8, 4) is 0 Å². The minimum absolute atomic E-state index is 0.197. The van der Waals surface area contributed by atoms with Gasteiger partial charge in [0.05, 0.1) is 6.54 Å². The summed E-state index contributed by atoms with van der Waals surface area (Å²) >= 11 is 0. The van der Waals surface area contributed by atoms with Crippen LogP contribution in [0.5, 0.6) is 0 Å². The standard InChI is InChI=1S/C19H31NO/c1-4-5-6-7-8-9-10-11-17-12-14-18(15-13-17)19(21)16-20(2)3/h12-15H,4-11,16H2,1-3H3. The highest BCUT2D eigenvalue weighted by Gasteiger charge is 2.06. The van der Waals surface area contributed by atoms with E-state index in [1.807, 2.05) is 31.1 Å². The zero-order chi connectivity index (χ0) is 15.5. The Bertz CT molecular complexity index is 395. The second kappa shape index (κ2) is 10.6. The SMILES string of the molecule is CCCCCCCCCc1ccc(C(=O)CN(C)C)cc1. The molecule has 0 aromatic heterocycles. The number of ketones is 1. The highest BCUT2D eigenvalue weighted by Crippen LogP contribution is 2.12. The summed E-state index contributed by atoms with van der Waals surface area (Å²) < 4.78 is 0. The second-order valence-corrected chi connectivity index (χ2v) is 6.23. The molecule has 2 heteroatoms. The molecule has 21 heavy (non-hydrogen) atoms. The van der Waals surface area contributed by atoms with Crippen LogP contribution in [0.1, 0.15) is 67.8 Å². The van der Waals surface area contributed by atoms with Gasteiger partial charge in [-0.25, -0.2) is 0 Å². The maximum Gasteiger partial charge on any atom is 0.176 e. The number of carbonyl (C=O) groups is 1. The molecule has 0 aliphatic heterocycles. The number of nitrogens with zero attached hydrogens (tertiary/aromatic N) is 1. The molecule has 0 bridgehead atoms. The van der Waals surface area contributed by atoms with Crippen LogP contribution < -0.4 is 0 Å². The van der Waals surface area contributed by atoms with Crippen molar-refractivity contribution in [1.82, 2.24) is 4.90 Å². The van der Waals surface area contributed by atoms with Gasteiger partial charge in [-0.1, -0.05) is 69.7 Å². The molecular formula is C19H31NO. The normalized spacial score (nSPS) is 11.0. The molecule has 0 atom stereocenters. The molecule has 118 valence electrons. The lowest BCUT2D eigenvalue weighted by molar-refractivity contribution is 0.0958. The van der Waals surface area contributed by atoms with E-state index in [2.05, 4.69) is 19.1 Å². The lowest BCUT2D eigenvalue weighted by Crippen LogP contribution is -2.21. The van der Waals surface area contributed by atoms with Crippen LogP contribution in [-0.4, -0.2) is 31.3 Å². The number of unbranched alkanes of at least 4 members (excludes halogenated alkanes) is 6. The average molecular weight is 289 g/mol. The summed E-state index contributed by atoms with van der Waals surface area (Å²) in [4.78, 5) is 13.8. The molecule has 0 saturated heterocycles. The van der Waals surface area contributed by atoms with E-state index in [4.69, 9.17) is 0 Å².